The molecule has 1 rings (SSSR count). The van der Waals surface area contributed by atoms with E-state index >= 15 is 0 Å². The van der Waals surface area contributed by atoms with Gasteiger partial charge in [0, 0.05) is 6.92 Å². The molecule has 0 unspecified atom stereocenters. The highest BCUT2D eigenvalue weighted by Crippen LogP contribution is 2.28. The van der Waals surface area contributed by atoms with Crippen LogP contribution in [0.2, 0.25) is 0 Å². The first-order valence-electron chi connectivity index (χ1n) is 2.97. The molecule has 0 saturated heterocycles. The van der Waals surface area contributed by atoms with Crippen LogP contribution in [0, 0.1) is 11.3 Å². The van der Waals surface area contributed by atoms with E-state index in [0.29, 0.717) is 5.90 Å². The Labute approximate surface area is 49.4 Å². The van der Waals surface area contributed by atoms with Gasteiger partial charge in [-0.3, -0.25) is 5.41 Å². The summed E-state index contributed by atoms with van der Waals surface area (Å²) in [5.41, 5.74) is 0. The fourth-order valence-corrected chi connectivity index (χ4v) is 0.527. The van der Waals surface area contributed by atoms with E-state index in [1.807, 2.05) is 0 Å². The lowest BCUT2D eigenvalue weighted by molar-refractivity contribution is 0.282. The lowest BCUT2D eigenvalue weighted by atomic mass is 10.5. The molecule has 46 valence electrons. The fraction of sp³-hybridized carbons (Fsp3) is 0.833. The van der Waals surface area contributed by atoms with Crippen molar-refractivity contribution in [2.45, 2.75) is 19.8 Å². The van der Waals surface area contributed by atoms with Gasteiger partial charge in [0.15, 0.2) is 5.90 Å². The molecule has 1 N–H and O–H groups in total. The molecule has 0 aromatic rings. The zero-order chi connectivity index (χ0) is 5.98. The van der Waals surface area contributed by atoms with Gasteiger partial charge < -0.3 is 4.74 Å². The molecule has 1 aliphatic carbocycles. The first-order chi connectivity index (χ1) is 3.79. The molecule has 0 atom stereocenters. The van der Waals surface area contributed by atoms with Crippen LogP contribution in [0.1, 0.15) is 19.8 Å². The van der Waals surface area contributed by atoms with Crippen molar-refractivity contribution in [2.24, 2.45) is 5.92 Å². The highest BCUT2D eigenvalue weighted by atomic mass is 16.5. The van der Waals surface area contributed by atoms with Gasteiger partial charge in [-0.25, -0.2) is 0 Å². The molecule has 0 aromatic heterocycles. The predicted octanol–water partition coefficient (Wildman–Crippen LogP) is 1.41. The van der Waals surface area contributed by atoms with Gasteiger partial charge >= 0.3 is 0 Å². The van der Waals surface area contributed by atoms with Crippen LogP contribution in [0.25, 0.3) is 0 Å². The molecule has 1 saturated carbocycles. The van der Waals surface area contributed by atoms with Gasteiger partial charge in [-0.15, -0.1) is 0 Å². The Balaban J connectivity index is 1.95. The molecule has 1 aliphatic rings. The van der Waals surface area contributed by atoms with Crippen molar-refractivity contribution in [1.29, 1.82) is 5.41 Å². The van der Waals surface area contributed by atoms with Crippen molar-refractivity contribution in [3.8, 4) is 0 Å². The summed E-state index contributed by atoms with van der Waals surface area (Å²) in [6.45, 7) is 2.44. The summed E-state index contributed by atoms with van der Waals surface area (Å²) in [5.74, 6) is 1.12. The number of hydrogen-bond donors (Lipinski definition) is 1. The second-order valence-electron chi connectivity index (χ2n) is 2.31. The molecule has 8 heavy (non-hydrogen) atoms. The lowest BCUT2D eigenvalue weighted by Gasteiger charge is -1.98. The van der Waals surface area contributed by atoms with Gasteiger partial charge in [-0.1, -0.05) is 0 Å². The third-order valence-electron chi connectivity index (χ3n) is 1.23. The second kappa shape index (κ2) is 2.16. The highest BCUT2D eigenvalue weighted by molar-refractivity contribution is 5.69. The molecular formula is C6H11NO. The fourth-order valence-electron chi connectivity index (χ4n) is 0.527. The summed E-state index contributed by atoms with van der Waals surface area (Å²) in [7, 11) is 0. The molecule has 2 heteroatoms. The smallest absolute Gasteiger partial charge is 0.177 e. The van der Waals surface area contributed by atoms with E-state index in [9.17, 15) is 0 Å². The van der Waals surface area contributed by atoms with Crippen LogP contribution < -0.4 is 0 Å². The van der Waals surface area contributed by atoms with E-state index in [1.54, 1.807) is 6.92 Å². The van der Waals surface area contributed by atoms with Gasteiger partial charge in [-0.2, -0.15) is 0 Å². The highest BCUT2D eigenvalue weighted by Gasteiger charge is 2.21. The predicted molar refractivity (Wildman–Crippen MR) is 32.1 cm³/mol. The van der Waals surface area contributed by atoms with E-state index in [0.717, 1.165) is 12.5 Å². The summed E-state index contributed by atoms with van der Waals surface area (Å²) in [4.78, 5) is 0. The zero-order valence-corrected chi connectivity index (χ0v) is 5.11. The quantitative estimate of drug-likeness (QED) is 0.426. The summed E-state index contributed by atoms with van der Waals surface area (Å²) < 4.78 is 4.95. The van der Waals surface area contributed by atoms with Crippen LogP contribution in [0.15, 0.2) is 0 Å². The molecule has 1 fully saturated rings. The molecule has 0 bridgehead atoms. The Hall–Kier alpha value is -0.530. The van der Waals surface area contributed by atoms with E-state index in [4.69, 9.17) is 10.1 Å². The van der Waals surface area contributed by atoms with E-state index in [2.05, 4.69) is 0 Å². The van der Waals surface area contributed by atoms with Gasteiger partial charge in [0.2, 0.25) is 0 Å². The standard InChI is InChI=1S/C6H11NO/c1-5(7)8-4-6-2-3-6/h6-7H,2-4H2,1H3. The van der Waals surface area contributed by atoms with Crippen molar-refractivity contribution in [2.75, 3.05) is 6.61 Å². The number of ether oxygens (including phenoxy) is 1. The Morgan fingerprint density at radius 1 is 1.75 bits per heavy atom. The molecule has 0 aromatic carbocycles. The third-order valence-corrected chi connectivity index (χ3v) is 1.23. The minimum atomic E-state index is 0.344. The topological polar surface area (TPSA) is 33.1 Å². The van der Waals surface area contributed by atoms with Crippen molar-refractivity contribution in [1.82, 2.24) is 0 Å². The molecule has 0 amide bonds. The van der Waals surface area contributed by atoms with Crippen molar-refractivity contribution >= 4 is 5.90 Å². The Kier molecular flexibility index (Phi) is 1.51. The summed E-state index contributed by atoms with van der Waals surface area (Å²) in [5, 5.41) is 6.89. The number of rotatable bonds is 2. The van der Waals surface area contributed by atoms with Gasteiger partial charge in [-0.05, 0) is 18.8 Å². The van der Waals surface area contributed by atoms with Crippen LogP contribution in [-0.4, -0.2) is 12.5 Å². The minimum absolute atomic E-state index is 0.344. The van der Waals surface area contributed by atoms with Gasteiger partial charge in [0.25, 0.3) is 0 Å². The maximum absolute atomic E-state index is 6.89. The number of nitrogens with one attached hydrogen (secondary N) is 1. The summed E-state index contributed by atoms with van der Waals surface area (Å²) in [6, 6.07) is 0. The number of hydrogen-bond acceptors (Lipinski definition) is 2. The first kappa shape index (κ1) is 5.60. The second-order valence-corrected chi connectivity index (χ2v) is 2.31. The molecule has 0 aliphatic heterocycles. The van der Waals surface area contributed by atoms with Crippen LogP contribution >= 0.6 is 0 Å². The van der Waals surface area contributed by atoms with Crippen molar-refractivity contribution < 1.29 is 4.74 Å². The average molecular weight is 113 g/mol. The van der Waals surface area contributed by atoms with Crippen molar-refractivity contribution in [3.05, 3.63) is 0 Å². The van der Waals surface area contributed by atoms with E-state index in [-0.39, 0.29) is 0 Å². The van der Waals surface area contributed by atoms with Crippen molar-refractivity contribution in [3.63, 3.8) is 0 Å². The Bertz CT molecular complexity index is 96.7. The van der Waals surface area contributed by atoms with Crippen LogP contribution in [-0.2, 0) is 4.74 Å². The third kappa shape index (κ3) is 1.96. The van der Waals surface area contributed by atoms with Gasteiger partial charge in [0.1, 0.15) is 0 Å². The van der Waals surface area contributed by atoms with Crippen LogP contribution in [0.3, 0.4) is 0 Å². The molecule has 0 spiro atoms. The van der Waals surface area contributed by atoms with Crippen LogP contribution in [0.5, 0.6) is 0 Å². The maximum Gasteiger partial charge on any atom is 0.177 e. The minimum Gasteiger partial charge on any atom is -0.481 e. The largest absolute Gasteiger partial charge is 0.481 e. The monoisotopic (exact) mass is 113 g/mol. The molecule has 2 nitrogen and oxygen atoms in total. The van der Waals surface area contributed by atoms with E-state index in [1.165, 1.54) is 12.8 Å². The maximum atomic E-state index is 6.89. The summed E-state index contributed by atoms with van der Waals surface area (Å²) >= 11 is 0. The van der Waals surface area contributed by atoms with Gasteiger partial charge in [0.05, 0.1) is 6.61 Å². The normalized spacial score (nSPS) is 18.1. The summed E-state index contributed by atoms with van der Waals surface area (Å²) in [6.07, 6.45) is 2.60. The molecular weight excluding hydrogens is 102 g/mol. The first-order valence-corrected chi connectivity index (χ1v) is 2.97. The molecule has 0 heterocycles. The SMILES string of the molecule is CC(=N)OCC1CC1. The Morgan fingerprint density at radius 3 is 2.75 bits per heavy atom. The van der Waals surface area contributed by atoms with Crippen LogP contribution in [0.4, 0.5) is 0 Å². The average Bonchev–Trinajstić information content (AvgIpc) is 2.41. The molecule has 0 radical (unpaired) electrons. The van der Waals surface area contributed by atoms with E-state index < -0.39 is 0 Å². The zero-order valence-electron chi connectivity index (χ0n) is 5.11. The Morgan fingerprint density at radius 2 is 2.38 bits per heavy atom. The lowest BCUT2D eigenvalue weighted by Crippen LogP contribution is -2.00.